The highest BCUT2D eigenvalue weighted by Gasteiger charge is 2.45. The number of hydrogen-bond acceptors (Lipinski definition) is 3. The predicted octanol–water partition coefficient (Wildman–Crippen LogP) is 2.93. The summed E-state index contributed by atoms with van der Waals surface area (Å²) in [5.74, 6) is 1.03. The van der Waals surface area contributed by atoms with Gasteiger partial charge in [0.15, 0.2) is 0 Å². The highest BCUT2D eigenvalue weighted by Crippen LogP contribution is 2.48. The van der Waals surface area contributed by atoms with Gasteiger partial charge in [-0.25, -0.2) is 0 Å². The predicted molar refractivity (Wildman–Crippen MR) is 77.8 cm³/mol. The molecule has 3 nitrogen and oxygen atoms in total. The smallest absolute Gasteiger partial charge is 0.115 e. The number of aromatic hydroxyl groups is 1. The van der Waals surface area contributed by atoms with Crippen LogP contribution in [-0.2, 0) is 11.2 Å². The molecule has 1 saturated heterocycles. The van der Waals surface area contributed by atoms with Gasteiger partial charge < -0.3 is 15.2 Å². The zero-order chi connectivity index (χ0) is 13.6. The van der Waals surface area contributed by atoms with E-state index in [-0.39, 0.29) is 5.60 Å². The molecule has 0 amide bonds. The lowest BCUT2D eigenvalue weighted by atomic mass is 9.69. The summed E-state index contributed by atoms with van der Waals surface area (Å²) in [6.45, 7) is 1.95. The Labute approximate surface area is 120 Å². The molecule has 1 saturated carbocycles. The fourth-order valence-corrected chi connectivity index (χ4v) is 4.26. The van der Waals surface area contributed by atoms with Crippen molar-refractivity contribution in [1.29, 1.82) is 0 Å². The van der Waals surface area contributed by atoms with Gasteiger partial charge in [-0.1, -0.05) is 6.07 Å². The molecule has 2 heterocycles. The fourth-order valence-electron chi connectivity index (χ4n) is 4.26. The lowest BCUT2D eigenvalue weighted by Gasteiger charge is -2.49. The van der Waals surface area contributed by atoms with E-state index in [2.05, 4.69) is 11.4 Å². The van der Waals surface area contributed by atoms with Crippen molar-refractivity contribution in [3.8, 4) is 5.75 Å². The molecule has 0 radical (unpaired) electrons. The molecule has 2 fully saturated rings. The van der Waals surface area contributed by atoms with Crippen LogP contribution in [0.5, 0.6) is 5.75 Å². The van der Waals surface area contributed by atoms with E-state index in [1.165, 1.54) is 36.8 Å². The van der Waals surface area contributed by atoms with Crippen molar-refractivity contribution in [1.82, 2.24) is 5.32 Å². The number of nitrogens with one attached hydrogen (secondary N) is 1. The van der Waals surface area contributed by atoms with Crippen molar-refractivity contribution in [2.75, 3.05) is 13.2 Å². The third-order valence-electron chi connectivity index (χ3n) is 5.49. The third kappa shape index (κ3) is 2.04. The number of ether oxygens (including phenoxy) is 1. The number of hydrogen-bond donors (Lipinski definition) is 2. The van der Waals surface area contributed by atoms with Crippen molar-refractivity contribution in [2.24, 2.45) is 5.92 Å². The van der Waals surface area contributed by atoms with E-state index in [4.69, 9.17) is 4.74 Å². The summed E-state index contributed by atoms with van der Waals surface area (Å²) in [5.41, 5.74) is 2.91. The van der Waals surface area contributed by atoms with Crippen LogP contribution in [0.25, 0.3) is 0 Å². The molecule has 20 heavy (non-hydrogen) atoms. The molecule has 2 N–H and O–H groups in total. The van der Waals surface area contributed by atoms with Crippen LogP contribution in [0.3, 0.4) is 0 Å². The number of fused-ring (bicyclic) bond motifs is 1. The first-order chi connectivity index (χ1) is 9.76. The van der Waals surface area contributed by atoms with E-state index in [0.29, 0.717) is 17.7 Å². The zero-order valence-electron chi connectivity index (χ0n) is 11.9. The Bertz CT molecular complexity index is 510. The Morgan fingerprint density at radius 1 is 1.30 bits per heavy atom. The summed E-state index contributed by atoms with van der Waals surface area (Å²) < 4.78 is 6.06. The van der Waals surface area contributed by atoms with Crippen LogP contribution in [0.2, 0.25) is 0 Å². The van der Waals surface area contributed by atoms with Gasteiger partial charge in [0, 0.05) is 12.6 Å². The Balaban J connectivity index is 1.61. The maximum atomic E-state index is 9.81. The second kappa shape index (κ2) is 4.74. The van der Waals surface area contributed by atoms with E-state index in [9.17, 15) is 5.11 Å². The second-order valence-corrected chi connectivity index (χ2v) is 6.70. The highest BCUT2D eigenvalue weighted by atomic mass is 16.5. The Kier molecular flexibility index (Phi) is 3.00. The first-order valence-electron chi connectivity index (χ1n) is 7.95. The molecule has 1 aromatic rings. The molecule has 4 rings (SSSR count). The highest BCUT2D eigenvalue weighted by molar-refractivity contribution is 5.39. The molecule has 2 aliphatic heterocycles. The first kappa shape index (κ1) is 12.7. The van der Waals surface area contributed by atoms with E-state index in [1.54, 1.807) is 0 Å². The minimum absolute atomic E-state index is 0.193. The SMILES string of the molecule is Oc1ccc2c(c1)C(C1CCOC3(CCC3)C1)NCC2. The maximum absolute atomic E-state index is 9.81. The van der Waals surface area contributed by atoms with Gasteiger partial charge in [-0.05, 0) is 74.2 Å². The molecule has 2 unspecified atom stereocenters. The van der Waals surface area contributed by atoms with Crippen molar-refractivity contribution < 1.29 is 9.84 Å². The normalized spacial score (nSPS) is 31.6. The van der Waals surface area contributed by atoms with Crippen LogP contribution < -0.4 is 5.32 Å². The molecule has 108 valence electrons. The van der Waals surface area contributed by atoms with E-state index in [1.807, 2.05) is 12.1 Å². The quantitative estimate of drug-likeness (QED) is 0.826. The van der Waals surface area contributed by atoms with Gasteiger partial charge in [0.2, 0.25) is 0 Å². The monoisotopic (exact) mass is 273 g/mol. The standard InChI is InChI=1S/C17H23NO2/c19-14-3-2-12-4-8-18-16(15(12)10-14)13-5-9-20-17(11-13)6-1-7-17/h2-3,10,13,16,18-19H,1,4-9,11H2. The van der Waals surface area contributed by atoms with Gasteiger partial charge in [-0.15, -0.1) is 0 Å². The number of benzene rings is 1. The van der Waals surface area contributed by atoms with Crippen molar-refractivity contribution in [3.05, 3.63) is 29.3 Å². The molecule has 1 spiro atoms. The van der Waals surface area contributed by atoms with Crippen LogP contribution in [0.15, 0.2) is 18.2 Å². The second-order valence-electron chi connectivity index (χ2n) is 6.70. The van der Waals surface area contributed by atoms with E-state index < -0.39 is 0 Å². The van der Waals surface area contributed by atoms with Crippen LogP contribution in [0.1, 0.15) is 49.3 Å². The van der Waals surface area contributed by atoms with Crippen molar-refractivity contribution in [3.63, 3.8) is 0 Å². The summed E-state index contributed by atoms with van der Waals surface area (Å²) in [4.78, 5) is 0. The van der Waals surface area contributed by atoms with Crippen LogP contribution in [0, 0.1) is 5.92 Å². The molecule has 3 aliphatic rings. The third-order valence-corrected chi connectivity index (χ3v) is 5.49. The average Bonchev–Trinajstić information content (AvgIpc) is 2.45. The molecule has 0 bridgehead atoms. The molecule has 1 aliphatic carbocycles. The lowest BCUT2D eigenvalue weighted by Crippen LogP contribution is -2.48. The van der Waals surface area contributed by atoms with Gasteiger partial charge >= 0.3 is 0 Å². The summed E-state index contributed by atoms with van der Waals surface area (Å²) in [6, 6.07) is 6.28. The van der Waals surface area contributed by atoms with E-state index in [0.717, 1.165) is 26.0 Å². The van der Waals surface area contributed by atoms with Gasteiger partial charge in [0.1, 0.15) is 5.75 Å². The minimum atomic E-state index is 0.193. The minimum Gasteiger partial charge on any atom is -0.508 e. The largest absolute Gasteiger partial charge is 0.508 e. The molecular weight excluding hydrogens is 250 g/mol. The Morgan fingerprint density at radius 2 is 2.20 bits per heavy atom. The van der Waals surface area contributed by atoms with E-state index >= 15 is 0 Å². The number of rotatable bonds is 1. The summed E-state index contributed by atoms with van der Waals surface area (Å²) >= 11 is 0. The summed E-state index contributed by atoms with van der Waals surface area (Å²) in [6.07, 6.45) is 7.18. The van der Waals surface area contributed by atoms with Gasteiger partial charge in [0.25, 0.3) is 0 Å². The number of phenols is 1. The molecule has 0 aromatic heterocycles. The average molecular weight is 273 g/mol. The first-order valence-corrected chi connectivity index (χ1v) is 7.95. The fraction of sp³-hybridized carbons (Fsp3) is 0.647. The molecule has 3 heteroatoms. The van der Waals surface area contributed by atoms with Crippen molar-refractivity contribution in [2.45, 2.75) is 50.2 Å². The molecular formula is C17H23NO2. The molecule has 2 atom stereocenters. The topological polar surface area (TPSA) is 41.5 Å². The maximum Gasteiger partial charge on any atom is 0.115 e. The van der Waals surface area contributed by atoms with Crippen LogP contribution in [0.4, 0.5) is 0 Å². The Hall–Kier alpha value is -1.06. The molecule has 1 aromatic carbocycles. The van der Waals surface area contributed by atoms with Crippen LogP contribution >= 0.6 is 0 Å². The van der Waals surface area contributed by atoms with Gasteiger partial charge in [-0.3, -0.25) is 0 Å². The summed E-state index contributed by atoms with van der Waals surface area (Å²) in [7, 11) is 0. The summed E-state index contributed by atoms with van der Waals surface area (Å²) in [5, 5.41) is 13.5. The number of phenolic OH excluding ortho intramolecular Hbond substituents is 1. The van der Waals surface area contributed by atoms with Gasteiger partial charge in [-0.2, -0.15) is 0 Å². The van der Waals surface area contributed by atoms with Gasteiger partial charge in [0.05, 0.1) is 5.60 Å². The lowest BCUT2D eigenvalue weighted by molar-refractivity contribution is -0.147. The zero-order valence-corrected chi connectivity index (χ0v) is 11.9. The Morgan fingerprint density at radius 3 is 3.00 bits per heavy atom. The van der Waals surface area contributed by atoms with Crippen molar-refractivity contribution >= 4 is 0 Å². The van der Waals surface area contributed by atoms with Crippen LogP contribution in [-0.4, -0.2) is 23.9 Å².